The summed E-state index contributed by atoms with van der Waals surface area (Å²) in [5, 5.41) is 18.1. The maximum Gasteiger partial charge on any atom is 0.229 e. The minimum absolute atomic E-state index is 0.0295. The van der Waals surface area contributed by atoms with Crippen LogP contribution in [0.15, 0.2) is 28.8 Å². The van der Waals surface area contributed by atoms with Crippen LogP contribution < -0.4 is 5.32 Å². The number of nitrogens with zero attached hydrogens (tertiary/aromatic N) is 2. The van der Waals surface area contributed by atoms with E-state index in [2.05, 4.69) is 15.5 Å². The van der Waals surface area contributed by atoms with Crippen LogP contribution in [0.2, 0.25) is 5.02 Å². The van der Waals surface area contributed by atoms with Crippen molar-refractivity contribution in [1.29, 1.82) is 0 Å². The molecule has 1 saturated carbocycles. The number of hydrogen-bond acceptors (Lipinski definition) is 5. The molecule has 0 spiro atoms. The normalized spacial score (nSPS) is 17.4. The first kappa shape index (κ1) is 18.9. The van der Waals surface area contributed by atoms with Gasteiger partial charge in [-0.1, -0.05) is 55.6 Å². The smallest absolute Gasteiger partial charge is 0.229 e. The highest BCUT2D eigenvalue weighted by Crippen LogP contribution is 2.38. The summed E-state index contributed by atoms with van der Waals surface area (Å²) >= 11 is 5.86. The third kappa shape index (κ3) is 4.07. The van der Waals surface area contributed by atoms with Crippen LogP contribution in [-0.2, 0) is 10.3 Å². The van der Waals surface area contributed by atoms with E-state index in [0.717, 1.165) is 25.7 Å². The second-order valence-corrected chi connectivity index (χ2v) is 7.66. The molecule has 6 nitrogen and oxygen atoms in total. The lowest BCUT2D eigenvalue weighted by Gasteiger charge is -2.27. The Balaban J connectivity index is 1.71. The number of rotatable bonds is 6. The molecular weight excluding hydrogens is 354 g/mol. The van der Waals surface area contributed by atoms with E-state index in [1.54, 1.807) is 24.3 Å². The molecule has 0 saturated heterocycles. The predicted molar refractivity (Wildman–Crippen MR) is 97.7 cm³/mol. The average molecular weight is 378 g/mol. The monoisotopic (exact) mass is 377 g/mol. The molecule has 1 aliphatic rings. The number of carbonyl (C=O) groups excluding carboxylic acids is 1. The van der Waals surface area contributed by atoms with Crippen LogP contribution in [-0.4, -0.2) is 21.2 Å². The average Bonchev–Trinajstić information content (AvgIpc) is 3.25. The van der Waals surface area contributed by atoms with Crippen LogP contribution in [0, 0.1) is 0 Å². The van der Waals surface area contributed by atoms with Gasteiger partial charge in [-0.05, 0) is 30.5 Å². The highest BCUT2D eigenvalue weighted by atomic mass is 35.5. The standard InChI is InChI=1S/C19H24ClN3O3/c1-12(2)17-21-18(23-26-17)19(9-3-4-10-19)22-16(25)11-15(24)13-5-7-14(20)8-6-13/h5-8,12,15,24H,3-4,9-11H2,1-2H3,(H,22,25). The number of aromatic nitrogens is 2. The van der Waals surface area contributed by atoms with Crippen molar-refractivity contribution in [2.45, 2.75) is 63.5 Å². The molecule has 1 fully saturated rings. The maximum atomic E-state index is 12.6. The number of benzene rings is 1. The van der Waals surface area contributed by atoms with E-state index in [1.165, 1.54) is 0 Å². The van der Waals surface area contributed by atoms with Gasteiger partial charge >= 0.3 is 0 Å². The van der Waals surface area contributed by atoms with Crippen molar-refractivity contribution in [3.05, 3.63) is 46.6 Å². The van der Waals surface area contributed by atoms with Crippen molar-refractivity contribution >= 4 is 17.5 Å². The van der Waals surface area contributed by atoms with Crippen LogP contribution in [0.1, 0.15) is 75.3 Å². The Morgan fingerprint density at radius 1 is 1.31 bits per heavy atom. The van der Waals surface area contributed by atoms with Crippen molar-refractivity contribution < 1.29 is 14.4 Å². The van der Waals surface area contributed by atoms with Crippen molar-refractivity contribution in [3.8, 4) is 0 Å². The fraction of sp³-hybridized carbons (Fsp3) is 0.526. The van der Waals surface area contributed by atoms with Gasteiger partial charge in [-0.3, -0.25) is 4.79 Å². The number of nitrogens with one attached hydrogen (secondary N) is 1. The third-order valence-electron chi connectivity index (χ3n) is 4.83. The Morgan fingerprint density at radius 3 is 2.54 bits per heavy atom. The number of aliphatic hydroxyl groups is 1. The van der Waals surface area contributed by atoms with Gasteiger partial charge in [-0.2, -0.15) is 4.98 Å². The number of carbonyl (C=O) groups is 1. The Bertz CT molecular complexity index is 752. The lowest BCUT2D eigenvalue weighted by Crippen LogP contribution is -2.45. The Morgan fingerprint density at radius 2 is 1.96 bits per heavy atom. The van der Waals surface area contributed by atoms with E-state index in [0.29, 0.717) is 22.3 Å². The first-order chi connectivity index (χ1) is 12.4. The van der Waals surface area contributed by atoms with Crippen LogP contribution in [0.4, 0.5) is 0 Å². The molecule has 1 amide bonds. The fourth-order valence-corrected chi connectivity index (χ4v) is 3.47. The van der Waals surface area contributed by atoms with Gasteiger partial charge in [0.15, 0.2) is 5.82 Å². The van der Waals surface area contributed by atoms with Gasteiger partial charge in [0.25, 0.3) is 0 Å². The largest absolute Gasteiger partial charge is 0.388 e. The molecule has 1 unspecified atom stereocenters. The zero-order valence-corrected chi connectivity index (χ0v) is 15.8. The van der Waals surface area contributed by atoms with Crippen molar-refractivity contribution in [2.75, 3.05) is 0 Å². The molecule has 1 aromatic carbocycles. The quantitative estimate of drug-likeness (QED) is 0.798. The molecule has 2 aromatic rings. The molecule has 1 aliphatic carbocycles. The number of halogens is 1. The minimum atomic E-state index is -0.887. The van der Waals surface area contributed by atoms with Gasteiger partial charge in [-0.25, -0.2) is 0 Å². The molecule has 7 heteroatoms. The molecule has 3 rings (SSSR count). The summed E-state index contributed by atoms with van der Waals surface area (Å²) in [6.45, 7) is 3.97. The number of hydrogen-bond donors (Lipinski definition) is 2. The lowest BCUT2D eigenvalue weighted by atomic mass is 9.95. The Labute approximate surface area is 157 Å². The fourth-order valence-electron chi connectivity index (χ4n) is 3.34. The summed E-state index contributed by atoms with van der Waals surface area (Å²) in [6, 6.07) is 6.84. The number of aliphatic hydroxyl groups excluding tert-OH is 1. The van der Waals surface area contributed by atoms with Gasteiger partial charge < -0.3 is 14.9 Å². The molecule has 2 N–H and O–H groups in total. The molecule has 1 atom stereocenters. The number of amides is 1. The molecule has 140 valence electrons. The van der Waals surface area contributed by atoms with Crippen LogP contribution in [0.3, 0.4) is 0 Å². The SMILES string of the molecule is CC(C)c1nc(C2(NC(=O)CC(O)c3ccc(Cl)cc3)CCCC2)no1. The van der Waals surface area contributed by atoms with Gasteiger partial charge in [0, 0.05) is 10.9 Å². The summed E-state index contributed by atoms with van der Waals surface area (Å²) in [7, 11) is 0. The summed E-state index contributed by atoms with van der Waals surface area (Å²) in [5.41, 5.74) is 0.0552. The molecule has 0 bridgehead atoms. The molecule has 1 aromatic heterocycles. The summed E-state index contributed by atoms with van der Waals surface area (Å²) in [5.74, 6) is 1.01. The Hall–Kier alpha value is -1.92. The summed E-state index contributed by atoms with van der Waals surface area (Å²) < 4.78 is 5.33. The van der Waals surface area contributed by atoms with Crippen LogP contribution in [0.5, 0.6) is 0 Å². The third-order valence-corrected chi connectivity index (χ3v) is 5.08. The van der Waals surface area contributed by atoms with E-state index >= 15 is 0 Å². The van der Waals surface area contributed by atoms with Gasteiger partial charge in [0.2, 0.25) is 11.8 Å². The Kier molecular flexibility index (Phi) is 5.63. The van der Waals surface area contributed by atoms with Gasteiger partial charge in [0.05, 0.1) is 12.5 Å². The highest BCUT2D eigenvalue weighted by Gasteiger charge is 2.41. The van der Waals surface area contributed by atoms with Crippen molar-refractivity contribution in [3.63, 3.8) is 0 Å². The first-order valence-corrected chi connectivity index (χ1v) is 9.36. The van der Waals surface area contributed by atoms with E-state index in [1.807, 2.05) is 13.8 Å². The van der Waals surface area contributed by atoms with Crippen molar-refractivity contribution in [2.24, 2.45) is 0 Å². The molecule has 0 radical (unpaired) electrons. The maximum absolute atomic E-state index is 12.6. The van der Waals surface area contributed by atoms with Crippen LogP contribution >= 0.6 is 11.6 Å². The molecule has 0 aliphatic heterocycles. The topological polar surface area (TPSA) is 88.2 Å². The zero-order valence-electron chi connectivity index (χ0n) is 15.0. The molecule has 26 heavy (non-hydrogen) atoms. The van der Waals surface area contributed by atoms with Crippen LogP contribution in [0.25, 0.3) is 0 Å². The molecule has 1 heterocycles. The van der Waals surface area contributed by atoms with E-state index in [-0.39, 0.29) is 18.2 Å². The van der Waals surface area contributed by atoms with Crippen molar-refractivity contribution in [1.82, 2.24) is 15.5 Å². The van der Waals surface area contributed by atoms with E-state index < -0.39 is 11.6 Å². The lowest BCUT2D eigenvalue weighted by molar-refractivity contribution is -0.125. The van der Waals surface area contributed by atoms with Gasteiger partial charge in [0.1, 0.15) is 5.54 Å². The van der Waals surface area contributed by atoms with Gasteiger partial charge in [-0.15, -0.1) is 0 Å². The second kappa shape index (κ2) is 7.76. The molecular formula is C19H24ClN3O3. The minimum Gasteiger partial charge on any atom is -0.388 e. The highest BCUT2D eigenvalue weighted by molar-refractivity contribution is 6.30. The zero-order chi connectivity index (χ0) is 18.7. The predicted octanol–water partition coefficient (Wildman–Crippen LogP) is 3.86. The van der Waals surface area contributed by atoms with E-state index in [9.17, 15) is 9.90 Å². The summed E-state index contributed by atoms with van der Waals surface area (Å²) in [6.07, 6.45) is 2.61. The second-order valence-electron chi connectivity index (χ2n) is 7.22. The first-order valence-electron chi connectivity index (χ1n) is 8.98. The summed E-state index contributed by atoms with van der Waals surface area (Å²) in [4.78, 5) is 17.1. The van der Waals surface area contributed by atoms with E-state index in [4.69, 9.17) is 16.1 Å².